The predicted octanol–water partition coefficient (Wildman–Crippen LogP) is 1.57. The van der Waals surface area contributed by atoms with E-state index in [-0.39, 0.29) is 12.4 Å². The molecule has 0 spiro atoms. The van der Waals surface area contributed by atoms with Crippen LogP contribution in [0.25, 0.3) is 0 Å². The van der Waals surface area contributed by atoms with E-state index in [9.17, 15) is 9.50 Å². The summed E-state index contributed by atoms with van der Waals surface area (Å²) in [4.78, 5) is 1.77. The number of hydrogen-bond donors (Lipinski definition) is 2. The molecule has 0 bridgehead atoms. The molecular weight excluding hydrogens is 245 g/mol. The Bertz CT molecular complexity index is 387. The van der Waals surface area contributed by atoms with Crippen LogP contribution in [0.5, 0.6) is 0 Å². The molecule has 1 atom stereocenters. The molecule has 0 aliphatic rings. The molecular formula is C12H17ClFNO2. The monoisotopic (exact) mass is 261 g/mol. The minimum atomic E-state index is -0.797. The second-order valence-electron chi connectivity index (χ2n) is 4.23. The van der Waals surface area contributed by atoms with Crippen molar-refractivity contribution in [1.29, 1.82) is 0 Å². The second-order valence-corrected chi connectivity index (χ2v) is 4.63. The van der Waals surface area contributed by atoms with Gasteiger partial charge in [0, 0.05) is 18.1 Å². The predicted molar refractivity (Wildman–Crippen MR) is 65.6 cm³/mol. The smallest absolute Gasteiger partial charge is 0.126 e. The van der Waals surface area contributed by atoms with E-state index in [4.69, 9.17) is 16.7 Å². The Kier molecular flexibility index (Phi) is 5.33. The van der Waals surface area contributed by atoms with Crippen LogP contribution in [0.3, 0.4) is 0 Å². The highest BCUT2D eigenvalue weighted by molar-refractivity contribution is 6.31. The normalized spacial score (nSPS) is 13.1. The number of aryl methyl sites for hydroxylation is 1. The zero-order chi connectivity index (χ0) is 13.0. The Balaban J connectivity index is 2.71. The molecule has 1 unspecified atom stereocenters. The topological polar surface area (TPSA) is 43.7 Å². The maximum absolute atomic E-state index is 13.4. The van der Waals surface area contributed by atoms with Crippen molar-refractivity contribution in [3.63, 3.8) is 0 Å². The molecule has 0 saturated heterocycles. The zero-order valence-electron chi connectivity index (χ0n) is 9.95. The largest absolute Gasteiger partial charge is 0.394 e. The maximum Gasteiger partial charge on any atom is 0.126 e. The lowest BCUT2D eigenvalue weighted by molar-refractivity contribution is 0.0648. The summed E-state index contributed by atoms with van der Waals surface area (Å²) in [6.07, 6.45) is -0.797. The van der Waals surface area contributed by atoms with E-state index in [1.54, 1.807) is 24.9 Å². The number of aliphatic hydroxyl groups excluding tert-OH is 2. The molecule has 1 aromatic rings. The van der Waals surface area contributed by atoms with E-state index < -0.39 is 6.10 Å². The van der Waals surface area contributed by atoms with E-state index in [1.165, 1.54) is 6.07 Å². The van der Waals surface area contributed by atoms with Gasteiger partial charge < -0.3 is 10.2 Å². The van der Waals surface area contributed by atoms with Crippen molar-refractivity contribution < 1.29 is 14.6 Å². The van der Waals surface area contributed by atoms with Gasteiger partial charge in [-0.25, -0.2) is 4.39 Å². The standard InChI is InChI=1S/C12H17ClFNO2/c1-8-3-11(13)9(4-12(8)14)5-15(2)6-10(17)7-16/h3-4,10,16-17H,5-7H2,1-2H3. The second kappa shape index (κ2) is 6.31. The lowest BCUT2D eigenvalue weighted by Gasteiger charge is -2.20. The Morgan fingerprint density at radius 3 is 2.71 bits per heavy atom. The summed E-state index contributed by atoms with van der Waals surface area (Å²) in [5.41, 5.74) is 1.18. The number of halogens is 2. The maximum atomic E-state index is 13.4. The highest BCUT2D eigenvalue weighted by Crippen LogP contribution is 2.21. The van der Waals surface area contributed by atoms with Gasteiger partial charge in [-0.05, 0) is 37.2 Å². The molecule has 0 aromatic heterocycles. The molecule has 0 aliphatic heterocycles. The summed E-state index contributed by atoms with van der Waals surface area (Å²) in [7, 11) is 1.77. The summed E-state index contributed by atoms with van der Waals surface area (Å²) in [5.74, 6) is -0.291. The zero-order valence-corrected chi connectivity index (χ0v) is 10.7. The van der Waals surface area contributed by atoms with Crippen LogP contribution in [0.1, 0.15) is 11.1 Å². The average Bonchev–Trinajstić information content (AvgIpc) is 2.25. The molecule has 2 N–H and O–H groups in total. The molecule has 0 saturated carbocycles. The van der Waals surface area contributed by atoms with Crippen molar-refractivity contribution >= 4 is 11.6 Å². The molecule has 0 amide bonds. The van der Waals surface area contributed by atoms with Gasteiger partial charge in [-0.1, -0.05) is 11.6 Å². The van der Waals surface area contributed by atoms with Gasteiger partial charge in [0.1, 0.15) is 5.82 Å². The molecule has 1 aromatic carbocycles. The third kappa shape index (κ3) is 4.24. The fourth-order valence-electron chi connectivity index (χ4n) is 1.58. The van der Waals surface area contributed by atoms with Gasteiger partial charge in [0.15, 0.2) is 0 Å². The van der Waals surface area contributed by atoms with E-state index >= 15 is 0 Å². The molecule has 3 nitrogen and oxygen atoms in total. The van der Waals surface area contributed by atoms with E-state index in [2.05, 4.69) is 0 Å². The van der Waals surface area contributed by atoms with Crippen LogP contribution < -0.4 is 0 Å². The van der Waals surface area contributed by atoms with Gasteiger partial charge in [-0.2, -0.15) is 0 Å². The van der Waals surface area contributed by atoms with Gasteiger partial charge in [-0.15, -0.1) is 0 Å². The molecule has 96 valence electrons. The summed E-state index contributed by atoms with van der Waals surface area (Å²) in [6.45, 7) is 2.10. The van der Waals surface area contributed by atoms with Gasteiger partial charge in [0.2, 0.25) is 0 Å². The van der Waals surface area contributed by atoms with Gasteiger partial charge >= 0.3 is 0 Å². The summed E-state index contributed by atoms with van der Waals surface area (Å²) >= 11 is 6.01. The number of hydrogen-bond acceptors (Lipinski definition) is 3. The lowest BCUT2D eigenvalue weighted by Crippen LogP contribution is -2.31. The van der Waals surface area contributed by atoms with Crippen LogP contribution in [-0.2, 0) is 6.54 Å². The minimum absolute atomic E-state index is 0.291. The van der Waals surface area contributed by atoms with Crippen LogP contribution in [0.4, 0.5) is 4.39 Å². The lowest BCUT2D eigenvalue weighted by atomic mass is 10.1. The van der Waals surface area contributed by atoms with Crippen LogP contribution in [0, 0.1) is 12.7 Å². The van der Waals surface area contributed by atoms with Crippen LogP contribution in [0.15, 0.2) is 12.1 Å². The highest BCUT2D eigenvalue weighted by atomic mass is 35.5. The van der Waals surface area contributed by atoms with E-state index in [0.29, 0.717) is 29.2 Å². The molecule has 0 heterocycles. The first-order valence-electron chi connectivity index (χ1n) is 5.36. The quantitative estimate of drug-likeness (QED) is 0.846. The fourth-order valence-corrected chi connectivity index (χ4v) is 1.86. The third-order valence-electron chi connectivity index (χ3n) is 2.50. The molecule has 0 radical (unpaired) electrons. The van der Waals surface area contributed by atoms with Gasteiger partial charge in [0.05, 0.1) is 12.7 Å². The summed E-state index contributed by atoms with van der Waals surface area (Å²) in [6, 6.07) is 2.99. The number of rotatable bonds is 5. The molecule has 17 heavy (non-hydrogen) atoms. The first-order chi connectivity index (χ1) is 7.93. The first kappa shape index (κ1) is 14.4. The van der Waals surface area contributed by atoms with Crippen molar-refractivity contribution in [3.8, 4) is 0 Å². The van der Waals surface area contributed by atoms with Gasteiger partial charge in [-0.3, -0.25) is 4.90 Å². The molecule has 0 aliphatic carbocycles. The molecule has 5 heteroatoms. The van der Waals surface area contributed by atoms with Crippen molar-refractivity contribution in [1.82, 2.24) is 4.90 Å². The van der Waals surface area contributed by atoms with Crippen LogP contribution >= 0.6 is 11.6 Å². The van der Waals surface area contributed by atoms with Crippen molar-refractivity contribution in [3.05, 3.63) is 34.1 Å². The third-order valence-corrected chi connectivity index (χ3v) is 2.85. The van der Waals surface area contributed by atoms with Gasteiger partial charge in [0.25, 0.3) is 0 Å². The number of nitrogens with zero attached hydrogens (tertiary/aromatic N) is 1. The van der Waals surface area contributed by atoms with Crippen LogP contribution in [-0.4, -0.2) is 41.4 Å². The number of likely N-dealkylation sites (N-methyl/N-ethyl adjacent to an activating group) is 1. The summed E-state index contributed by atoms with van der Waals surface area (Å²) < 4.78 is 13.4. The van der Waals surface area contributed by atoms with Crippen molar-refractivity contribution in [2.45, 2.75) is 19.6 Å². The summed E-state index contributed by atoms with van der Waals surface area (Å²) in [5, 5.41) is 18.5. The van der Waals surface area contributed by atoms with Crippen LogP contribution in [0.2, 0.25) is 5.02 Å². The minimum Gasteiger partial charge on any atom is -0.394 e. The van der Waals surface area contributed by atoms with E-state index in [1.807, 2.05) is 0 Å². The number of aliphatic hydroxyl groups is 2. The SMILES string of the molecule is Cc1cc(Cl)c(CN(C)CC(O)CO)cc1F. The highest BCUT2D eigenvalue weighted by Gasteiger charge is 2.11. The molecule has 0 fully saturated rings. The fraction of sp³-hybridized carbons (Fsp3) is 0.500. The van der Waals surface area contributed by atoms with Crippen molar-refractivity contribution in [2.75, 3.05) is 20.2 Å². The number of benzene rings is 1. The Hall–Kier alpha value is -0.680. The first-order valence-corrected chi connectivity index (χ1v) is 5.73. The Morgan fingerprint density at radius 2 is 2.12 bits per heavy atom. The van der Waals surface area contributed by atoms with E-state index in [0.717, 1.165) is 0 Å². The Morgan fingerprint density at radius 1 is 1.47 bits per heavy atom. The Labute approximate surface area is 105 Å². The molecule has 1 rings (SSSR count). The van der Waals surface area contributed by atoms with Crippen molar-refractivity contribution in [2.24, 2.45) is 0 Å². The average molecular weight is 262 g/mol.